The van der Waals surface area contributed by atoms with Gasteiger partial charge in [0.1, 0.15) is 0 Å². The maximum absolute atomic E-state index is 5.18. The Morgan fingerprint density at radius 2 is 2.33 bits per heavy atom. The lowest BCUT2D eigenvalue weighted by Gasteiger charge is -1.59. The van der Waals surface area contributed by atoms with Gasteiger partial charge in [-0.2, -0.15) is 0 Å². The predicted octanol–water partition coefficient (Wildman–Crippen LogP) is 2.13. The molecule has 0 aromatic heterocycles. The molecule has 6 heavy (non-hydrogen) atoms. The molecule has 0 unspecified atom stereocenters. The third kappa shape index (κ3) is 4.10. The molecule has 0 aliphatic rings. The normalized spacial score (nSPS) is 6.33. The molecule has 0 amide bonds. The maximum atomic E-state index is 5.18. The van der Waals surface area contributed by atoms with E-state index in [0.717, 1.165) is 0 Å². The van der Waals surface area contributed by atoms with Crippen LogP contribution in [-0.2, 0) is 0 Å². The lowest BCUT2D eigenvalue weighted by atomic mass is 10.7. The van der Waals surface area contributed by atoms with Gasteiger partial charge in [0.25, 0.3) is 0 Å². The Balaban J connectivity index is 3.18. The van der Waals surface area contributed by atoms with Crippen molar-refractivity contribution >= 4 is 23.2 Å². The fourth-order valence-corrected chi connectivity index (χ4v) is 0.267. The van der Waals surface area contributed by atoms with Crippen LogP contribution in [0.15, 0.2) is 17.3 Å². The molecular weight excluding hydrogens is 119 g/mol. The summed E-state index contributed by atoms with van der Waals surface area (Å²) in [5.74, 6) is 0.475. The van der Waals surface area contributed by atoms with E-state index in [2.05, 4.69) is 5.73 Å². The monoisotopic (exact) mass is 122 g/mol. The fourth-order valence-electron chi connectivity index (χ4n) is 0.0891. The molecular formula is C4H4Cl2. The van der Waals surface area contributed by atoms with Crippen molar-refractivity contribution < 1.29 is 0 Å². The van der Waals surface area contributed by atoms with E-state index in [9.17, 15) is 0 Å². The van der Waals surface area contributed by atoms with Crippen LogP contribution in [0.4, 0.5) is 0 Å². The van der Waals surface area contributed by atoms with Gasteiger partial charge in [0.15, 0.2) is 0 Å². The molecule has 0 aliphatic carbocycles. The third-order valence-electron chi connectivity index (χ3n) is 0.258. The van der Waals surface area contributed by atoms with Crippen molar-refractivity contribution in [1.82, 2.24) is 0 Å². The van der Waals surface area contributed by atoms with Gasteiger partial charge in [-0.1, -0.05) is 11.6 Å². The van der Waals surface area contributed by atoms with Gasteiger partial charge in [0, 0.05) is 11.4 Å². The van der Waals surface area contributed by atoms with Gasteiger partial charge in [0.2, 0.25) is 0 Å². The summed E-state index contributed by atoms with van der Waals surface area (Å²) in [4.78, 5) is 0. The Kier molecular flexibility index (Phi) is 5.18. The highest BCUT2D eigenvalue weighted by Crippen LogP contribution is 1.75. The van der Waals surface area contributed by atoms with Crippen molar-refractivity contribution in [2.24, 2.45) is 0 Å². The summed E-state index contributed by atoms with van der Waals surface area (Å²) < 4.78 is 0. The first-order valence-corrected chi connectivity index (χ1v) is 2.44. The number of rotatable bonds is 1. The molecule has 0 aliphatic heterocycles. The maximum Gasteiger partial charge on any atom is 0.0478 e. The Labute approximate surface area is 47.1 Å². The average Bonchev–Trinajstić information content (AvgIpc) is 1.61. The second-order valence-corrected chi connectivity index (χ2v) is 1.16. The van der Waals surface area contributed by atoms with E-state index in [0.29, 0.717) is 5.88 Å². The van der Waals surface area contributed by atoms with Crippen LogP contribution in [0.5, 0.6) is 0 Å². The largest absolute Gasteiger partial charge is 0.122 e. The van der Waals surface area contributed by atoms with E-state index in [1.165, 1.54) is 5.54 Å². The van der Waals surface area contributed by atoms with E-state index < -0.39 is 0 Å². The molecule has 0 radical (unpaired) electrons. The van der Waals surface area contributed by atoms with Crippen LogP contribution in [0.1, 0.15) is 0 Å². The molecule has 0 saturated carbocycles. The third-order valence-corrected chi connectivity index (χ3v) is 0.538. The molecule has 34 valence electrons. The lowest BCUT2D eigenvalue weighted by Crippen LogP contribution is -1.48. The van der Waals surface area contributed by atoms with Crippen LogP contribution in [0, 0.1) is 0 Å². The van der Waals surface area contributed by atoms with Crippen molar-refractivity contribution in [1.29, 1.82) is 0 Å². The van der Waals surface area contributed by atoms with E-state index >= 15 is 0 Å². The molecule has 0 nitrogen and oxygen atoms in total. The van der Waals surface area contributed by atoms with Crippen molar-refractivity contribution in [3.05, 3.63) is 17.3 Å². The highest BCUT2D eigenvalue weighted by atomic mass is 35.5. The lowest BCUT2D eigenvalue weighted by molar-refractivity contribution is 1.78. The van der Waals surface area contributed by atoms with Gasteiger partial charge in [0.05, 0.1) is 0 Å². The molecule has 0 saturated heterocycles. The average molecular weight is 123 g/mol. The van der Waals surface area contributed by atoms with Crippen LogP contribution in [-0.4, -0.2) is 5.88 Å². The Bertz CT molecular complexity index is 69.6. The van der Waals surface area contributed by atoms with E-state index in [1.54, 1.807) is 6.08 Å². The first-order chi connectivity index (χ1) is 2.91. The molecule has 0 rings (SSSR count). The summed E-state index contributed by atoms with van der Waals surface area (Å²) in [6.45, 7) is 0. The summed E-state index contributed by atoms with van der Waals surface area (Å²) in [5, 5.41) is 0. The van der Waals surface area contributed by atoms with Gasteiger partial charge in [-0.05, 0) is 6.08 Å². The second kappa shape index (κ2) is 5.10. The van der Waals surface area contributed by atoms with Gasteiger partial charge in [-0.15, -0.1) is 17.3 Å². The first kappa shape index (κ1) is 6.10. The second-order valence-electron chi connectivity index (χ2n) is 0.634. The number of alkyl halides is 1. The van der Waals surface area contributed by atoms with Gasteiger partial charge in [-0.25, -0.2) is 0 Å². The SMILES string of the molecule is ClC=C=CCCl. The minimum Gasteiger partial charge on any atom is -0.122 e. The van der Waals surface area contributed by atoms with Crippen LogP contribution >= 0.6 is 23.2 Å². The van der Waals surface area contributed by atoms with Crippen molar-refractivity contribution in [3.63, 3.8) is 0 Å². The minimum absolute atomic E-state index is 0.475. The number of allylic oxidation sites excluding steroid dienone is 1. The molecule has 0 N–H and O–H groups in total. The van der Waals surface area contributed by atoms with Crippen molar-refractivity contribution in [3.8, 4) is 0 Å². The van der Waals surface area contributed by atoms with Crippen LogP contribution in [0.25, 0.3) is 0 Å². The van der Waals surface area contributed by atoms with Crippen LogP contribution < -0.4 is 0 Å². The summed E-state index contributed by atoms with van der Waals surface area (Å²) in [6.07, 6.45) is 1.63. The smallest absolute Gasteiger partial charge is 0.0478 e. The summed E-state index contributed by atoms with van der Waals surface area (Å²) in [5.41, 5.74) is 3.88. The number of hydrogen-bond donors (Lipinski definition) is 0. The zero-order valence-corrected chi connectivity index (χ0v) is 4.63. The van der Waals surface area contributed by atoms with Gasteiger partial charge >= 0.3 is 0 Å². The molecule has 0 heterocycles. The molecule has 0 atom stereocenters. The van der Waals surface area contributed by atoms with Crippen LogP contribution in [0.3, 0.4) is 0 Å². The standard InChI is InChI=1S/C4H4Cl2/c5-3-1-2-4-6/h1,4H,3H2. The summed E-state index contributed by atoms with van der Waals surface area (Å²) in [7, 11) is 0. The topological polar surface area (TPSA) is 0 Å². The number of hydrogen-bond acceptors (Lipinski definition) is 0. The highest BCUT2D eigenvalue weighted by molar-refractivity contribution is 6.25. The number of halogens is 2. The quantitative estimate of drug-likeness (QED) is 0.370. The Morgan fingerprint density at radius 3 is 2.50 bits per heavy atom. The minimum atomic E-state index is 0.475. The van der Waals surface area contributed by atoms with E-state index in [1.807, 2.05) is 0 Å². The van der Waals surface area contributed by atoms with Crippen molar-refractivity contribution in [2.45, 2.75) is 0 Å². The van der Waals surface area contributed by atoms with Crippen LogP contribution in [0.2, 0.25) is 0 Å². The zero-order valence-electron chi connectivity index (χ0n) is 3.12. The Morgan fingerprint density at radius 1 is 1.67 bits per heavy atom. The summed E-state index contributed by atoms with van der Waals surface area (Å²) in [6, 6.07) is 0. The fraction of sp³-hybridized carbons (Fsp3) is 0.250. The zero-order chi connectivity index (χ0) is 4.83. The predicted molar refractivity (Wildman–Crippen MR) is 29.2 cm³/mol. The summed E-state index contributed by atoms with van der Waals surface area (Å²) >= 11 is 10.2. The Hall–Kier alpha value is 0.1000. The highest BCUT2D eigenvalue weighted by Gasteiger charge is 1.55. The molecule has 2 heteroatoms. The van der Waals surface area contributed by atoms with E-state index in [4.69, 9.17) is 23.2 Å². The first-order valence-electron chi connectivity index (χ1n) is 1.47. The molecule has 0 aromatic carbocycles. The van der Waals surface area contributed by atoms with E-state index in [-0.39, 0.29) is 0 Å². The molecule has 0 aromatic rings. The van der Waals surface area contributed by atoms with Gasteiger partial charge < -0.3 is 0 Å². The van der Waals surface area contributed by atoms with Gasteiger partial charge in [-0.3, -0.25) is 0 Å². The molecule has 0 bridgehead atoms. The molecule has 0 spiro atoms. The van der Waals surface area contributed by atoms with Crippen molar-refractivity contribution in [2.75, 3.05) is 5.88 Å². The molecule has 0 fully saturated rings.